The number of aryl methyl sites for hydroxylation is 2. The van der Waals surface area contributed by atoms with Crippen LogP contribution in [0.5, 0.6) is 5.75 Å². The van der Waals surface area contributed by atoms with Crippen LogP contribution in [0.15, 0.2) is 71.8 Å². The van der Waals surface area contributed by atoms with E-state index in [0.717, 1.165) is 45.8 Å². The standard InChI is InChI=1S/C26H28N4OS/c1-17-7-5-6-8-22(17)27-26(32)30-24(19-9-12-21(13-10-19)29(3)4)16-23(28-30)20-11-14-25(31)18(2)15-20/h5-15,24,31H,16H2,1-4H3,(H,27,32). The van der Waals surface area contributed by atoms with Crippen LogP contribution in [0.25, 0.3) is 0 Å². The van der Waals surface area contributed by atoms with E-state index in [1.807, 2.05) is 56.4 Å². The number of hydrazone groups is 1. The summed E-state index contributed by atoms with van der Waals surface area (Å²) in [4.78, 5) is 2.09. The van der Waals surface area contributed by atoms with Crippen LogP contribution in [0.2, 0.25) is 0 Å². The monoisotopic (exact) mass is 444 g/mol. The highest BCUT2D eigenvalue weighted by Gasteiger charge is 2.31. The van der Waals surface area contributed by atoms with E-state index >= 15 is 0 Å². The molecule has 1 aliphatic heterocycles. The zero-order chi connectivity index (χ0) is 22.8. The zero-order valence-electron chi connectivity index (χ0n) is 18.8. The number of phenols is 1. The molecule has 0 aromatic heterocycles. The highest BCUT2D eigenvalue weighted by molar-refractivity contribution is 7.80. The van der Waals surface area contributed by atoms with Crippen LogP contribution in [0.4, 0.5) is 11.4 Å². The summed E-state index contributed by atoms with van der Waals surface area (Å²) < 4.78 is 0. The Labute approximate surface area is 195 Å². The molecular formula is C26H28N4OS. The molecule has 0 radical (unpaired) electrons. The van der Waals surface area contributed by atoms with E-state index < -0.39 is 0 Å². The number of hydrogen-bond acceptors (Lipinski definition) is 4. The van der Waals surface area contributed by atoms with Gasteiger partial charge in [-0.15, -0.1) is 0 Å². The number of phenolic OH excluding ortho intramolecular Hbond substituents is 1. The molecule has 1 unspecified atom stereocenters. The number of thiocarbonyl (C=S) groups is 1. The van der Waals surface area contributed by atoms with Gasteiger partial charge in [0, 0.05) is 31.9 Å². The maximum absolute atomic E-state index is 9.93. The van der Waals surface area contributed by atoms with Gasteiger partial charge in [-0.25, -0.2) is 5.01 Å². The Bertz CT molecular complexity index is 1170. The van der Waals surface area contributed by atoms with Gasteiger partial charge in [0.25, 0.3) is 0 Å². The molecule has 0 saturated carbocycles. The van der Waals surface area contributed by atoms with Crippen molar-refractivity contribution in [2.45, 2.75) is 26.3 Å². The normalized spacial score (nSPS) is 15.4. The molecule has 4 rings (SSSR count). The molecule has 0 spiro atoms. The molecule has 0 saturated heterocycles. The Morgan fingerprint density at radius 1 is 1.03 bits per heavy atom. The average molecular weight is 445 g/mol. The predicted molar refractivity (Wildman–Crippen MR) is 137 cm³/mol. The Morgan fingerprint density at radius 2 is 1.75 bits per heavy atom. The number of aromatic hydroxyl groups is 1. The molecular weight excluding hydrogens is 416 g/mol. The van der Waals surface area contributed by atoms with Crippen LogP contribution in [0, 0.1) is 13.8 Å². The van der Waals surface area contributed by atoms with Gasteiger partial charge < -0.3 is 15.3 Å². The third-order valence-corrected chi connectivity index (χ3v) is 6.12. The Kier molecular flexibility index (Phi) is 6.15. The molecule has 164 valence electrons. The SMILES string of the molecule is Cc1cc(C2=NN(C(=S)Nc3ccccc3C)C(c3ccc(N(C)C)cc3)C2)ccc1O. The zero-order valence-corrected chi connectivity index (χ0v) is 19.6. The molecule has 3 aromatic rings. The van der Waals surface area contributed by atoms with Gasteiger partial charge in [-0.05, 0) is 84.7 Å². The minimum absolute atomic E-state index is 0.0145. The molecule has 0 amide bonds. The molecule has 0 bridgehead atoms. The summed E-state index contributed by atoms with van der Waals surface area (Å²) in [7, 11) is 4.07. The fraction of sp³-hybridized carbons (Fsp3) is 0.231. The van der Waals surface area contributed by atoms with E-state index in [9.17, 15) is 5.11 Å². The molecule has 1 heterocycles. The number of anilines is 2. The molecule has 3 aromatic carbocycles. The summed E-state index contributed by atoms with van der Waals surface area (Å²) in [5, 5.41) is 20.7. The average Bonchev–Trinajstić information content (AvgIpc) is 3.23. The van der Waals surface area contributed by atoms with Crippen molar-refractivity contribution in [2.75, 3.05) is 24.3 Å². The lowest BCUT2D eigenvalue weighted by Gasteiger charge is -2.25. The number of nitrogens with one attached hydrogen (secondary N) is 1. The van der Waals surface area contributed by atoms with E-state index in [-0.39, 0.29) is 11.8 Å². The van der Waals surface area contributed by atoms with Crippen LogP contribution >= 0.6 is 12.2 Å². The third-order valence-electron chi connectivity index (χ3n) is 5.83. The number of nitrogens with zero attached hydrogens (tertiary/aromatic N) is 3. The van der Waals surface area contributed by atoms with Crippen molar-refractivity contribution in [1.29, 1.82) is 0 Å². The summed E-state index contributed by atoms with van der Waals surface area (Å²) in [5.41, 5.74) is 7.17. The molecule has 5 nitrogen and oxygen atoms in total. The fourth-order valence-electron chi connectivity index (χ4n) is 3.85. The number of hydrogen-bond donors (Lipinski definition) is 2. The molecule has 32 heavy (non-hydrogen) atoms. The van der Waals surface area contributed by atoms with Gasteiger partial charge in [-0.3, -0.25) is 0 Å². The predicted octanol–water partition coefficient (Wildman–Crippen LogP) is 5.62. The van der Waals surface area contributed by atoms with E-state index in [4.69, 9.17) is 17.3 Å². The smallest absolute Gasteiger partial charge is 0.194 e. The van der Waals surface area contributed by atoms with Crippen molar-refractivity contribution in [2.24, 2.45) is 5.10 Å². The number of rotatable bonds is 4. The van der Waals surface area contributed by atoms with Crippen molar-refractivity contribution in [3.05, 3.63) is 89.0 Å². The van der Waals surface area contributed by atoms with Crippen molar-refractivity contribution in [3.8, 4) is 5.75 Å². The molecule has 1 atom stereocenters. The first-order valence-electron chi connectivity index (χ1n) is 10.6. The lowest BCUT2D eigenvalue weighted by atomic mass is 9.97. The first kappa shape index (κ1) is 21.8. The fourth-order valence-corrected chi connectivity index (χ4v) is 4.12. The summed E-state index contributed by atoms with van der Waals surface area (Å²) in [6, 6.07) is 22.2. The van der Waals surface area contributed by atoms with Crippen LogP contribution < -0.4 is 10.2 Å². The van der Waals surface area contributed by atoms with Gasteiger partial charge in [-0.2, -0.15) is 5.10 Å². The Morgan fingerprint density at radius 3 is 2.41 bits per heavy atom. The van der Waals surface area contributed by atoms with Gasteiger partial charge in [0.2, 0.25) is 0 Å². The lowest BCUT2D eigenvalue weighted by molar-refractivity contribution is 0.375. The highest BCUT2D eigenvalue weighted by Crippen LogP contribution is 2.35. The second kappa shape index (κ2) is 9.01. The van der Waals surface area contributed by atoms with Crippen molar-refractivity contribution in [3.63, 3.8) is 0 Å². The summed E-state index contributed by atoms with van der Waals surface area (Å²) >= 11 is 5.81. The molecule has 0 aliphatic carbocycles. The number of benzene rings is 3. The van der Waals surface area contributed by atoms with Crippen LogP contribution in [-0.2, 0) is 0 Å². The first-order valence-corrected chi connectivity index (χ1v) is 11.0. The molecule has 1 aliphatic rings. The minimum atomic E-state index is -0.0145. The third kappa shape index (κ3) is 4.46. The van der Waals surface area contributed by atoms with Crippen molar-refractivity contribution < 1.29 is 5.11 Å². The van der Waals surface area contributed by atoms with Gasteiger partial charge in [0.05, 0.1) is 11.8 Å². The van der Waals surface area contributed by atoms with E-state index in [1.54, 1.807) is 6.07 Å². The number of para-hydroxylation sites is 1. The van der Waals surface area contributed by atoms with E-state index in [2.05, 4.69) is 47.5 Å². The molecule has 2 N–H and O–H groups in total. The Balaban J connectivity index is 1.68. The van der Waals surface area contributed by atoms with Crippen molar-refractivity contribution in [1.82, 2.24) is 5.01 Å². The maximum Gasteiger partial charge on any atom is 0.194 e. The van der Waals surface area contributed by atoms with Gasteiger partial charge >= 0.3 is 0 Å². The largest absolute Gasteiger partial charge is 0.508 e. The van der Waals surface area contributed by atoms with E-state index in [0.29, 0.717) is 5.11 Å². The summed E-state index contributed by atoms with van der Waals surface area (Å²) in [5.74, 6) is 0.289. The van der Waals surface area contributed by atoms with Gasteiger partial charge in [-0.1, -0.05) is 30.3 Å². The van der Waals surface area contributed by atoms with E-state index in [1.165, 1.54) is 0 Å². The highest BCUT2D eigenvalue weighted by atomic mass is 32.1. The van der Waals surface area contributed by atoms with Crippen molar-refractivity contribution >= 4 is 34.4 Å². The van der Waals surface area contributed by atoms with Crippen LogP contribution in [-0.4, -0.2) is 35.0 Å². The van der Waals surface area contributed by atoms with Gasteiger partial charge in [0.15, 0.2) is 5.11 Å². The van der Waals surface area contributed by atoms with Crippen LogP contribution in [0.3, 0.4) is 0 Å². The maximum atomic E-state index is 9.93. The molecule has 0 fully saturated rings. The quantitative estimate of drug-likeness (QED) is 0.511. The minimum Gasteiger partial charge on any atom is -0.508 e. The second-order valence-corrected chi connectivity index (χ2v) is 8.73. The first-order chi connectivity index (χ1) is 15.3. The lowest BCUT2D eigenvalue weighted by Crippen LogP contribution is -2.31. The van der Waals surface area contributed by atoms with Crippen LogP contribution in [0.1, 0.15) is 34.7 Å². The Hall–Kier alpha value is -3.38. The molecule has 6 heteroatoms. The second-order valence-electron chi connectivity index (χ2n) is 8.34. The summed E-state index contributed by atoms with van der Waals surface area (Å²) in [6.45, 7) is 3.95. The summed E-state index contributed by atoms with van der Waals surface area (Å²) in [6.07, 6.45) is 0.723. The topological polar surface area (TPSA) is 51.1 Å². The van der Waals surface area contributed by atoms with Gasteiger partial charge in [0.1, 0.15) is 5.75 Å².